The van der Waals surface area contributed by atoms with Gasteiger partial charge in [-0.05, 0) is 54.4 Å². The third kappa shape index (κ3) is 6.00. The molecule has 0 atom stereocenters. The molecule has 3 aromatic carbocycles. The molecule has 0 aliphatic carbocycles. The van der Waals surface area contributed by atoms with Crippen molar-refractivity contribution in [2.75, 3.05) is 24.3 Å². The van der Waals surface area contributed by atoms with E-state index < -0.39 is 16.1 Å². The van der Waals surface area contributed by atoms with Crippen LogP contribution in [0.3, 0.4) is 0 Å². The minimum atomic E-state index is -4.05. The fourth-order valence-electron chi connectivity index (χ4n) is 3.37. The summed E-state index contributed by atoms with van der Waals surface area (Å²) in [6, 6.07) is 19.8. The smallest absolute Gasteiger partial charge is 0.331 e. The van der Waals surface area contributed by atoms with Crippen LogP contribution in [-0.4, -0.2) is 43.3 Å². The van der Waals surface area contributed by atoms with E-state index >= 15 is 0 Å². The van der Waals surface area contributed by atoms with E-state index in [0.717, 1.165) is 20.0 Å². The van der Waals surface area contributed by atoms with Crippen LogP contribution in [0, 0.1) is 6.92 Å². The summed E-state index contributed by atoms with van der Waals surface area (Å²) in [7, 11) is -4.05. The Kier molecular flexibility index (Phi) is 8.05. The zero-order chi connectivity index (χ0) is 25.0. The lowest BCUT2D eigenvalue weighted by Crippen LogP contribution is -2.34. The molecular weight excluding hydrogens is 572 g/mol. The predicted molar refractivity (Wildman–Crippen MR) is 145 cm³/mol. The molecule has 0 bridgehead atoms. The number of carbonyl (C=O) groups is 1. The molecule has 182 valence electrons. The molecule has 35 heavy (non-hydrogen) atoms. The topological polar surface area (TPSA) is 90.9 Å². The second kappa shape index (κ2) is 11.0. The quantitative estimate of drug-likeness (QED) is 0.198. The molecule has 1 aliphatic heterocycles. The third-order valence-corrected chi connectivity index (χ3v) is 9.20. The van der Waals surface area contributed by atoms with Crippen LogP contribution in [0.25, 0.3) is 0 Å². The largest absolute Gasteiger partial charge is 0.335 e. The van der Waals surface area contributed by atoms with Crippen molar-refractivity contribution in [3.63, 3.8) is 0 Å². The fraction of sp³-hybridized carbons (Fsp3) is 0.167. The number of rotatable bonds is 8. The number of hydrazone groups is 1. The summed E-state index contributed by atoms with van der Waals surface area (Å²) in [6.45, 7) is 2.09. The van der Waals surface area contributed by atoms with E-state index in [9.17, 15) is 13.2 Å². The first-order chi connectivity index (χ1) is 16.8. The molecule has 1 fully saturated rings. The van der Waals surface area contributed by atoms with Crippen LogP contribution in [0.2, 0.25) is 5.02 Å². The van der Waals surface area contributed by atoms with Crippen LogP contribution in [-0.2, 0) is 10.0 Å². The highest BCUT2D eigenvalue weighted by molar-refractivity contribution is 9.10. The van der Waals surface area contributed by atoms with E-state index in [1.54, 1.807) is 13.0 Å². The third-order valence-electron chi connectivity index (χ3n) is 5.25. The number of halogens is 2. The van der Waals surface area contributed by atoms with Crippen LogP contribution in [0.1, 0.15) is 11.1 Å². The average molecular weight is 594 g/mol. The Morgan fingerprint density at radius 3 is 2.54 bits per heavy atom. The molecule has 0 spiro atoms. The number of urea groups is 1. The summed E-state index contributed by atoms with van der Waals surface area (Å²) in [6.07, 6.45) is 0. The Balaban J connectivity index is 1.67. The second-order valence-corrected chi connectivity index (χ2v) is 11.9. The molecule has 1 heterocycles. The number of thioether (sulfide) groups is 1. The minimum absolute atomic E-state index is 0.0487. The van der Waals surface area contributed by atoms with Gasteiger partial charge in [0.05, 0.1) is 17.9 Å². The molecular formula is C24H22BrClN4O3S2. The van der Waals surface area contributed by atoms with Crippen LogP contribution in [0.15, 0.2) is 86.1 Å². The van der Waals surface area contributed by atoms with Crippen LogP contribution in [0.4, 0.5) is 10.5 Å². The summed E-state index contributed by atoms with van der Waals surface area (Å²) in [5.41, 5.74) is 6.10. The highest BCUT2D eigenvalue weighted by atomic mass is 79.9. The molecule has 7 nitrogen and oxygen atoms in total. The lowest BCUT2D eigenvalue weighted by atomic mass is 10.1. The van der Waals surface area contributed by atoms with Gasteiger partial charge in [0.25, 0.3) is 10.0 Å². The van der Waals surface area contributed by atoms with Crippen molar-refractivity contribution in [1.29, 1.82) is 0 Å². The van der Waals surface area contributed by atoms with Gasteiger partial charge < -0.3 is 5.32 Å². The Labute approximate surface area is 222 Å². The highest BCUT2D eigenvalue weighted by Gasteiger charge is 2.35. The molecule has 2 amide bonds. The number of nitrogens with one attached hydrogen (secondary N) is 2. The number of para-hydroxylation sites is 1. The van der Waals surface area contributed by atoms with Gasteiger partial charge >= 0.3 is 6.03 Å². The van der Waals surface area contributed by atoms with Crippen molar-refractivity contribution >= 4 is 66.7 Å². The number of benzene rings is 3. The van der Waals surface area contributed by atoms with Gasteiger partial charge in [0.2, 0.25) is 0 Å². The van der Waals surface area contributed by atoms with Crippen molar-refractivity contribution in [3.05, 3.63) is 87.4 Å². The van der Waals surface area contributed by atoms with Gasteiger partial charge in [-0.25, -0.2) is 17.5 Å². The Morgan fingerprint density at radius 2 is 1.89 bits per heavy atom. The maximum Gasteiger partial charge on any atom is 0.331 e. The van der Waals surface area contributed by atoms with E-state index in [4.69, 9.17) is 11.6 Å². The Hall–Kier alpha value is -2.53. The minimum Gasteiger partial charge on any atom is -0.335 e. The monoisotopic (exact) mass is 592 g/mol. The molecule has 0 saturated carbocycles. The van der Waals surface area contributed by atoms with E-state index in [1.165, 1.54) is 17.8 Å². The van der Waals surface area contributed by atoms with Gasteiger partial charge in [-0.15, -0.1) is 11.8 Å². The fourth-order valence-corrected chi connectivity index (χ4v) is 6.77. The molecule has 0 unspecified atom stereocenters. The molecule has 4 rings (SSSR count). The normalized spacial score (nSPS) is 14.2. The van der Waals surface area contributed by atoms with E-state index in [-0.39, 0.29) is 18.0 Å². The van der Waals surface area contributed by atoms with Crippen molar-refractivity contribution < 1.29 is 13.2 Å². The summed E-state index contributed by atoms with van der Waals surface area (Å²) in [5.74, 6) is 0.357. The van der Waals surface area contributed by atoms with Crippen LogP contribution >= 0.6 is 39.3 Å². The predicted octanol–water partition coefficient (Wildman–Crippen LogP) is 5.73. The first-order valence-electron chi connectivity index (χ1n) is 10.6. The summed E-state index contributed by atoms with van der Waals surface area (Å²) < 4.78 is 28.5. The lowest BCUT2D eigenvalue weighted by molar-refractivity contribution is 0.235. The van der Waals surface area contributed by atoms with Gasteiger partial charge in [-0.2, -0.15) is 5.10 Å². The molecule has 0 aromatic heterocycles. The Morgan fingerprint density at radius 1 is 1.17 bits per heavy atom. The number of hydrogen-bond acceptors (Lipinski definition) is 6. The van der Waals surface area contributed by atoms with Crippen molar-refractivity contribution in [2.24, 2.45) is 5.10 Å². The first-order valence-corrected chi connectivity index (χ1v) is 14.2. The molecule has 2 N–H and O–H groups in total. The van der Waals surface area contributed by atoms with Crippen LogP contribution in [0.5, 0.6) is 0 Å². The van der Waals surface area contributed by atoms with Gasteiger partial charge in [-0.1, -0.05) is 57.9 Å². The van der Waals surface area contributed by atoms with E-state index in [1.807, 2.05) is 54.6 Å². The maximum atomic E-state index is 13.4. The number of aryl methyl sites for hydroxylation is 1. The highest BCUT2D eigenvalue weighted by Crippen LogP contribution is 2.34. The molecule has 11 heteroatoms. The standard InChI is InChI=1S/C24H22BrClN4O3S2/c1-16-13-23(35(32,33)30-12-11-27-24(30)31)22(14-20(16)26)34-15-21(17-7-9-18(25)10-8-17)29-28-19-5-3-2-4-6-19/h2-10,13-14,28H,11-12,15H2,1H3,(H,27,31)/b29-21-. The zero-order valence-electron chi connectivity index (χ0n) is 18.7. The van der Waals surface area contributed by atoms with Gasteiger partial charge in [-0.3, -0.25) is 5.43 Å². The number of anilines is 1. The van der Waals surface area contributed by atoms with Crippen molar-refractivity contribution in [3.8, 4) is 0 Å². The van der Waals surface area contributed by atoms with Crippen LogP contribution < -0.4 is 10.7 Å². The lowest BCUT2D eigenvalue weighted by Gasteiger charge is -2.19. The van der Waals surface area contributed by atoms with Crippen molar-refractivity contribution in [2.45, 2.75) is 16.7 Å². The zero-order valence-corrected chi connectivity index (χ0v) is 22.6. The SMILES string of the molecule is Cc1cc(S(=O)(=O)N2CCNC2=O)c(SC/C(=N/Nc2ccccc2)c2ccc(Br)cc2)cc1Cl. The van der Waals surface area contributed by atoms with Crippen molar-refractivity contribution in [1.82, 2.24) is 9.62 Å². The summed E-state index contributed by atoms with van der Waals surface area (Å²) in [4.78, 5) is 12.6. The number of nitrogens with zero attached hydrogens (tertiary/aromatic N) is 2. The number of amides is 2. The van der Waals surface area contributed by atoms with E-state index in [2.05, 4.69) is 31.8 Å². The Bertz CT molecular complexity index is 1370. The summed E-state index contributed by atoms with van der Waals surface area (Å²) in [5, 5.41) is 7.59. The molecule has 1 aliphatic rings. The number of hydrogen-bond donors (Lipinski definition) is 2. The molecule has 1 saturated heterocycles. The van der Waals surface area contributed by atoms with Gasteiger partial charge in [0.1, 0.15) is 4.90 Å². The maximum absolute atomic E-state index is 13.4. The summed E-state index contributed by atoms with van der Waals surface area (Å²) >= 11 is 11.1. The number of carbonyl (C=O) groups excluding carboxylic acids is 1. The average Bonchev–Trinajstić information content (AvgIpc) is 3.29. The van der Waals surface area contributed by atoms with Gasteiger partial charge in [0.15, 0.2) is 0 Å². The van der Waals surface area contributed by atoms with Gasteiger partial charge in [0, 0.05) is 26.7 Å². The molecule has 0 radical (unpaired) electrons. The first kappa shape index (κ1) is 25.6. The second-order valence-electron chi connectivity index (χ2n) is 7.69. The molecule has 3 aromatic rings. The number of sulfonamides is 1. The van der Waals surface area contributed by atoms with E-state index in [0.29, 0.717) is 26.9 Å².